The van der Waals surface area contributed by atoms with Crippen molar-refractivity contribution in [2.45, 2.75) is 64.3 Å². The first kappa shape index (κ1) is 19.1. The molecule has 1 N–H and O–H groups in total. The summed E-state index contributed by atoms with van der Waals surface area (Å²) in [5.74, 6) is 0.255. The van der Waals surface area contributed by atoms with Gasteiger partial charge in [0.1, 0.15) is 5.65 Å². The van der Waals surface area contributed by atoms with Crippen LogP contribution in [0.15, 0.2) is 48.8 Å². The molecule has 2 aliphatic rings. The number of nitrogens with one attached hydrogen (secondary N) is 1. The number of pyridine rings is 1. The molecule has 3 heterocycles. The van der Waals surface area contributed by atoms with Crippen LogP contribution in [0.2, 0.25) is 0 Å². The van der Waals surface area contributed by atoms with Crippen LogP contribution in [-0.4, -0.2) is 20.7 Å². The van der Waals surface area contributed by atoms with Crippen molar-refractivity contribution < 1.29 is 4.79 Å². The lowest BCUT2D eigenvalue weighted by Crippen LogP contribution is -2.55. The molecule has 4 nitrogen and oxygen atoms in total. The second-order valence-electron chi connectivity index (χ2n) is 9.41. The van der Waals surface area contributed by atoms with Crippen LogP contribution in [0.25, 0.3) is 16.9 Å². The maximum Gasteiger partial charge on any atom is 0.168 e. The highest BCUT2D eigenvalue weighted by Crippen LogP contribution is 2.49. The lowest BCUT2D eigenvalue weighted by atomic mass is 9.65. The fourth-order valence-corrected chi connectivity index (χ4v) is 5.49. The zero-order valence-electron chi connectivity index (χ0n) is 18.2. The van der Waals surface area contributed by atoms with Gasteiger partial charge in [-0.25, -0.2) is 4.98 Å². The number of nitrogens with zero attached hydrogens (tertiary/aromatic N) is 2. The second kappa shape index (κ2) is 6.56. The van der Waals surface area contributed by atoms with Gasteiger partial charge in [-0.1, -0.05) is 18.2 Å². The van der Waals surface area contributed by atoms with E-state index in [0.29, 0.717) is 6.42 Å². The van der Waals surface area contributed by atoms with Gasteiger partial charge >= 0.3 is 0 Å². The quantitative estimate of drug-likeness (QED) is 0.593. The Balaban J connectivity index is 1.83. The average molecular weight is 400 g/mol. The van der Waals surface area contributed by atoms with Gasteiger partial charge in [0, 0.05) is 23.6 Å². The van der Waals surface area contributed by atoms with Gasteiger partial charge in [-0.3, -0.25) is 9.20 Å². The van der Waals surface area contributed by atoms with Gasteiger partial charge in [-0.2, -0.15) is 0 Å². The summed E-state index contributed by atoms with van der Waals surface area (Å²) < 4.78 is 2.16. The largest absolute Gasteiger partial charge is 0.373 e. The summed E-state index contributed by atoms with van der Waals surface area (Å²) in [5.41, 5.74) is 7.36. The van der Waals surface area contributed by atoms with E-state index in [1.165, 1.54) is 22.4 Å². The summed E-state index contributed by atoms with van der Waals surface area (Å²) in [4.78, 5) is 18.1. The summed E-state index contributed by atoms with van der Waals surface area (Å²) in [6, 6.07) is 8.56. The van der Waals surface area contributed by atoms with Crippen LogP contribution in [0.4, 0.5) is 5.69 Å². The number of anilines is 1. The number of Topliss-reactive ketones (excluding diaryl/α,β-unsaturated/α-hetero) is 1. The molecule has 1 aromatic carbocycles. The molecule has 5 rings (SSSR count). The Morgan fingerprint density at radius 1 is 1.20 bits per heavy atom. The molecule has 0 fully saturated rings. The number of hydrogen-bond acceptors (Lipinski definition) is 3. The van der Waals surface area contributed by atoms with Gasteiger partial charge in [-0.15, -0.1) is 0 Å². The van der Waals surface area contributed by atoms with Crippen molar-refractivity contribution in [2.75, 3.05) is 5.32 Å². The normalized spacial score (nSPS) is 22.3. The van der Waals surface area contributed by atoms with E-state index < -0.39 is 11.0 Å². The molecule has 1 unspecified atom stereocenters. The van der Waals surface area contributed by atoms with Crippen LogP contribution in [0.5, 0.6) is 0 Å². The third-order valence-electron chi connectivity index (χ3n) is 6.97. The van der Waals surface area contributed by atoms with Gasteiger partial charge < -0.3 is 5.32 Å². The number of carbonyl (C=O) groups is 1. The van der Waals surface area contributed by atoms with Gasteiger partial charge in [-0.05, 0) is 88.3 Å². The highest BCUT2D eigenvalue weighted by Gasteiger charge is 2.49. The van der Waals surface area contributed by atoms with Gasteiger partial charge in [0.05, 0.1) is 16.6 Å². The first-order valence-electron chi connectivity index (χ1n) is 10.9. The molecule has 0 radical (unpaired) electrons. The van der Waals surface area contributed by atoms with Crippen LogP contribution < -0.4 is 5.32 Å². The molecule has 0 amide bonds. The third-order valence-corrected chi connectivity index (χ3v) is 6.97. The number of hydrogen-bond donors (Lipinski definition) is 1. The Kier molecular flexibility index (Phi) is 4.18. The summed E-state index contributed by atoms with van der Waals surface area (Å²) in [5, 5.41) is 3.64. The minimum Gasteiger partial charge on any atom is -0.373 e. The first-order valence-corrected chi connectivity index (χ1v) is 10.9. The van der Waals surface area contributed by atoms with Crippen molar-refractivity contribution in [3.05, 3.63) is 65.5 Å². The lowest BCUT2D eigenvalue weighted by Gasteiger charge is -2.44. The standard InChI is InChI=1S/C26H29N3O/c1-5-6-13-26(4)20-16-19(21-11-8-12-22-27-14-15-29(21)22)17-9-7-10-18(17)23(20)28-25(2,3)24(26)30/h5-6,8,11-12,14-16,28H,7,9-10,13H2,1-4H3. The van der Waals surface area contributed by atoms with Gasteiger partial charge in [0.2, 0.25) is 0 Å². The molecule has 0 saturated heterocycles. The molecule has 2 aromatic heterocycles. The zero-order valence-corrected chi connectivity index (χ0v) is 18.2. The van der Waals surface area contributed by atoms with Crippen molar-refractivity contribution in [2.24, 2.45) is 0 Å². The van der Waals surface area contributed by atoms with E-state index >= 15 is 0 Å². The van der Waals surface area contributed by atoms with Crippen LogP contribution in [0, 0.1) is 0 Å². The number of carbonyl (C=O) groups excluding carboxylic acids is 1. The molecule has 30 heavy (non-hydrogen) atoms. The molecule has 1 aliphatic heterocycles. The van der Waals surface area contributed by atoms with E-state index in [1.54, 1.807) is 0 Å². The van der Waals surface area contributed by atoms with Gasteiger partial charge in [0.15, 0.2) is 5.78 Å². The number of imidazole rings is 1. The van der Waals surface area contributed by atoms with Crippen LogP contribution in [-0.2, 0) is 23.1 Å². The van der Waals surface area contributed by atoms with Crippen molar-refractivity contribution in [1.29, 1.82) is 0 Å². The molecule has 4 heteroatoms. The van der Waals surface area contributed by atoms with Crippen LogP contribution in [0.3, 0.4) is 0 Å². The fraction of sp³-hybridized carbons (Fsp3) is 0.385. The summed E-state index contributed by atoms with van der Waals surface area (Å²) in [6.45, 7) is 8.19. The van der Waals surface area contributed by atoms with Crippen LogP contribution in [0.1, 0.15) is 57.2 Å². The third kappa shape index (κ3) is 2.59. The smallest absolute Gasteiger partial charge is 0.168 e. The Morgan fingerprint density at radius 3 is 2.80 bits per heavy atom. The number of aromatic nitrogens is 2. The van der Waals surface area contributed by atoms with Crippen molar-refractivity contribution in [1.82, 2.24) is 9.38 Å². The number of benzene rings is 1. The van der Waals surface area contributed by atoms with Gasteiger partial charge in [0.25, 0.3) is 0 Å². The van der Waals surface area contributed by atoms with E-state index in [1.807, 2.05) is 45.3 Å². The summed E-state index contributed by atoms with van der Waals surface area (Å²) in [7, 11) is 0. The number of allylic oxidation sites excluding steroid dienone is 2. The van der Waals surface area contributed by atoms with E-state index in [2.05, 4.69) is 45.9 Å². The Bertz CT molecular complexity index is 1200. The summed E-state index contributed by atoms with van der Waals surface area (Å²) in [6.07, 6.45) is 12.1. The number of rotatable bonds is 3. The molecule has 0 saturated carbocycles. The highest BCUT2D eigenvalue weighted by molar-refractivity contribution is 6.04. The SMILES string of the molecule is CC=CCC1(C)C(=O)C(C)(C)Nc2c1cc(-c1cccc3nccn13)c1c2CCC1. The maximum absolute atomic E-state index is 13.6. The lowest BCUT2D eigenvalue weighted by molar-refractivity contribution is -0.128. The predicted octanol–water partition coefficient (Wildman–Crippen LogP) is 5.49. The van der Waals surface area contributed by atoms with Crippen LogP contribution >= 0.6 is 0 Å². The van der Waals surface area contributed by atoms with Crippen molar-refractivity contribution in [3.63, 3.8) is 0 Å². The minimum absolute atomic E-state index is 0.255. The number of ketones is 1. The minimum atomic E-state index is -0.578. The number of fused-ring (bicyclic) bond motifs is 4. The van der Waals surface area contributed by atoms with E-state index in [0.717, 1.165) is 36.2 Å². The van der Waals surface area contributed by atoms with E-state index in [9.17, 15) is 4.79 Å². The van der Waals surface area contributed by atoms with Crippen molar-refractivity contribution >= 4 is 17.1 Å². The molecular weight excluding hydrogens is 370 g/mol. The first-order chi connectivity index (χ1) is 14.4. The molecule has 154 valence electrons. The molecule has 1 aliphatic carbocycles. The van der Waals surface area contributed by atoms with E-state index in [4.69, 9.17) is 0 Å². The molecular formula is C26H29N3O. The summed E-state index contributed by atoms with van der Waals surface area (Å²) >= 11 is 0. The highest BCUT2D eigenvalue weighted by atomic mass is 16.1. The second-order valence-corrected chi connectivity index (χ2v) is 9.41. The van der Waals surface area contributed by atoms with E-state index in [-0.39, 0.29) is 5.78 Å². The molecule has 0 bridgehead atoms. The molecule has 3 aromatic rings. The predicted molar refractivity (Wildman–Crippen MR) is 122 cm³/mol. The monoisotopic (exact) mass is 399 g/mol. The Morgan fingerprint density at radius 2 is 2.00 bits per heavy atom. The Labute approximate surface area is 178 Å². The topological polar surface area (TPSA) is 46.4 Å². The van der Waals surface area contributed by atoms with Crippen molar-refractivity contribution in [3.8, 4) is 11.3 Å². The molecule has 1 atom stereocenters. The fourth-order valence-electron chi connectivity index (χ4n) is 5.49. The average Bonchev–Trinajstić information content (AvgIpc) is 3.40. The Hall–Kier alpha value is -2.88. The molecule has 0 spiro atoms. The zero-order chi connectivity index (χ0) is 21.1. The maximum atomic E-state index is 13.6.